The lowest BCUT2D eigenvalue weighted by Gasteiger charge is -2.20. The molecule has 0 saturated carbocycles. The first-order chi connectivity index (χ1) is 8.53. The molecule has 1 aromatic rings. The van der Waals surface area contributed by atoms with E-state index in [1.165, 1.54) is 18.5 Å². The Morgan fingerprint density at radius 3 is 2.44 bits per heavy atom. The molecule has 1 aliphatic rings. The minimum absolute atomic E-state index is 0.318. The zero-order chi connectivity index (χ0) is 13.4. The van der Waals surface area contributed by atoms with Crippen LogP contribution < -0.4 is 5.32 Å². The third-order valence-corrected chi connectivity index (χ3v) is 2.70. The number of carbonyl (C=O) groups is 1. The zero-order valence-corrected chi connectivity index (χ0v) is 11.4. The predicted molar refractivity (Wildman–Crippen MR) is 70.3 cm³/mol. The summed E-state index contributed by atoms with van der Waals surface area (Å²) in [5.74, 6) is 0.707. The molecule has 18 heavy (non-hydrogen) atoms. The quantitative estimate of drug-likeness (QED) is 0.789. The fourth-order valence-corrected chi connectivity index (χ4v) is 1.77. The summed E-state index contributed by atoms with van der Waals surface area (Å²) in [6.07, 6.45) is 4.31. The lowest BCUT2D eigenvalue weighted by atomic mass is 9.95. The van der Waals surface area contributed by atoms with Gasteiger partial charge in [0, 0.05) is 17.8 Å². The van der Waals surface area contributed by atoms with Crippen molar-refractivity contribution in [1.82, 2.24) is 15.5 Å². The van der Waals surface area contributed by atoms with E-state index >= 15 is 0 Å². The van der Waals surface area contributed by atoms with Gasteiger partial charge in [-0.05, 0) is 52.8 Å². The molecule has 0 bridgehead atoms. The Bertz CT molecular complexity index is 325. The molecule has 0 unspecified atom stereocenters. The van der Waals surface area contributed by atoms with Gasteiger partial charge in [-0.15, -0.1) is 0 Å². The summed E-state index contributed by atoms with van der Waals surface area (Å²) in [4.78, 5) is 9.60. The van der Waals surface area contributed by atoms with Crippen molar-refractivity contribution in [3.8, 4) is 0 Å². The molecule has 0 aromatic carbocycles. The SMILES string of the molecule is CC(C)(C)OC=O.c1cc(C2CCNCC2)[nH]n1. The minimum atomic E-state index is -0.318. The molecular weight excluding hydrogens is 230 g/mol. The van der Waals surface area contributed by atoms with Crippen molar-refractivity contribution in [3.05, 3.63) is 18.0 Å². The van der Waals surface area contributed by atoms with E-state index in [-0.39, 0.29) is 5.60 Å². The van der Waals surface area contributed by atoms with Gasteiger partial charge in [0.05, 0.1) is 0 Å². The highest BCUT2D eigenvalue weighted by atomic mass is 16.5. The Morgan fingerprint density at radius 1 is 1.39 bits per heavy atom. The predicted octanol–water partition coefficient (Wildman–Crippen LogP) is 1.83. The van der Waals surface area contributed by atoms with Crippen molar-refractivity contribution in [2.45, 2.75) is 45.1 Å². The van der Waals surface area contributed by atoms with Gasteiger partial charge in [-0.25, -0.2) is 0 Å². The summed E-state index contributed by atoms with van der Waals surface area (Å²) in [7, 11) is 0. The largest absolute Gasteiger partial charge is 0.462 e. The van der Waals surface area contributed by atoms with E-state index in [1.54, 1.807) is 0 Å². The molecule has 2 N–H and O–H groups in total. The molecule has 0 radical (unpaired) electrons. The van der Waals surface area contributed by atoms with Crippen LogP contribution in [0.5, 0.6) is 0 Å². The van der Waals surface area contributed by atoms with Crippen LogP contribution in [0.25, 0.3) is 0 Å². The Balaban J connectivity index is 0.000000203. The number of carbonyl (C=O) groups excluding carboxylic acids is 1. The van der Waals surface area contributed by atoms with Gasteiger partial charge in [-0.3, -0.25) is 9.89 Å². The number of hydrogen-bond donors (Lipinski definition) is 2. The van der Waals surface area contributed by atoms with E-state index in [9.17, 15) is 4.79 Å². The molecule has 1 fully saturated rings. The van der Waals surface area contributed by atoms with Gasteiger partial charge in [-0.1, -0.05) is 0 Å². The highest BCUT2D eigenvalue weighted by Crippen LogP contribution is 2.22. The Hall–Kier alpha value is -1.36. The Kier molecular flexibility index (Phi) is 5.85. The lowest BCUT2D eigenvalue weighted by molar-refractivity contribution is -0.138. The van der Waals surface area contributed by atoms with Crippen LogP contribution in [0.1, 0.15) is 45.2 Å². The summed E-state index contributed by atoms with van der Waals surface area (Å²) in [5, 5.41) is 10.3. The molecule has 0 amide bonds. The molecule has 5 nitrogen and oxygen atoms in total. The van der Waals surface area contributed by atoms with Crippen LogP contribution in [0.2, 0.25) is 0 Å². The first-order valence-corrected chi connectivity index (χ1v) is 6.34. The second kappa shape index (κ2) is 7.16. The van der Waals surface area contributed by atoms with E-state index < -0.39 is 0 Å². The van der Waals surface area contributed by atoms with Crippen LogP contribution in [-0.4, -0.2) is 35.4 Å². The maximum absolute atomic E-state index is 9.60. The number of aromatic amines is 1. The molecule has 102 valence electrons. The van der Waals surface area contributed by atoms with Gasteiger partial charge >= 0.3 is 0 Å². The van der Waals surface area contributed by atoms with Gasteiger partial charge in [0.15, 0.2) is 0 Å². The maximum atomic E-state index is 9.60. The summed E-state index contributed by atoms with van der Waals surface area (Å²) < 4.78 is 4.55. The number of hydrogen-bond acceptors (Lipinski definition) is 4. The van der Waals surface area contributed by atoms with Crippen LogP contribution in [0.3, 0.4) is 0 Å². The van der Waals surface area contributed by atoms with Gasteiger partial charge in [-0.2, -0.15) is 5.10 Å². The molecule has 0 spiro atoms. The number of nitrogens with one attached hydrogen (secondary N) is 2. The second-order valence-electron chi connectivity index (χ2n) is 5.36. The molecule has 1 aromatic heterocycles. The summed E-state index contributed by atoms with van der Waals surface area (Å²) in [6.45, 7) is 8.21. The summed E-state index contributed by atoms with van der Waals surface area (Å²) in [5.41, 5.74) is 0.980. The Labute approximate surface area is 108 Å². The van der Waals surface area contributed by atoms with E-state index in [4.69, 9.17) is 0 Å². The van der Waals surface area contributed by atoms with Crippen LogP contribution in [0.4, 0.5) is 0 Å². The first kappa shape index (κ1) is 14.7. The van der Waals surface area contributed by atoms with Crippen LogP contribution in [0, 0.1) is 0 Å². The van der Waals surface area contributed by atoms with Gasteiger partial charge < -0.3 is 10.1 Å². The Morgan fingerprint density at radius 2 is 2.06 bits per heavy atom. The van der Waals surface area contributed by atoms with Crippen molar-refractivity contribution in [2.24, 2.45) is 0 Å². The fourth-order valence-electron chi connectivity index (χ4n) is 1.77. The average molecular weight is 253 g/mol. The van der Waals surface area contributed by atoms with Crippen LogP contribution in [0.15, 0.2) is 12.3 Å². The van der Waals surface area contributed by atoms with Gasteiger partial charge in [0.1, 0.15) is 5.60 Å². The molecule has 2 rings (SSSR count). The number of H-pyrrole nitrogens is 1. The smallest absolute Gasteiger partial charge is 0.293 e. The van der Waals surface area contributed by atoms with Crippen molar-refractivity contribution in [1.29, 1.82) is 0 Å². The van der Waals surface area contributed by atoms with E-state index in [0.29, 0.717) is 12.4 Å². The summed E-state index contributed by atoms with van der Waals surface area (Å²) >= 11 is 0. The van der Waals surface area contributed by atoms with Gasteiger partial charge in [0.25, 0.3) is 6.47 Å². The molecule has 0 aliphatic carbocycles. The highest BCUT2D eigenvalue weighted by Gasteiger charge is 2.15. The molecule has 1 aliphatic heterocycles. The van der Waals surface area contributed by atoms with Crippen molar-refractivity contribution in [3.63, 3.8) is 0 Å². The number of ether oxygens (including phenoxy) is 1. The van der Waals surface area contributed by atoms with E-state index in [2.05, 4.69) is 26.3 Å². The van der Waals surface area contributed by atoms with E-state index in [1.807, 2.05) is 27.0 Å². The second-order valence-corrected chi connectivity index (χ2v) is 5.36. The van der Waals surface area contributed by atoms with Crippen molar-refractivity contribution in [2.75, 3.05) is 13.1 Å². The average Bonchev–Trinajstić information content (AvgIpc) is 2.83. The monoisotopic (exact) mass is 253 g/mol. The normalized spacial score (nSPS) is 16.6. The topological polar surface area (TPSA) is 67.0 Å². The van der Waals surface area contributed by atoms with Gasteiger partial charge in [0.2, 0.25) is 0 Å². The number of nitrogens with zero attached hydrogens (tertiary/aromatic N) is 1. The molecule has 5 heteroatoms. The summed E-state index contributed by atoms with van der Waals surface area (Å²) in [6, 6.07) is 2.08. The molecule has 2 heterocycles. The third kappa shape index (κ3) is 5.82. The first-order valence-electron chi connectivity index (χ1n) is 6.34. The number of rotatable bonds is 2. The molecule has 1 saturated heterocycles. The van der Waals surface area contributed by atoms with Crippen LogP contribution in [-0.2, 0) is 9.53 Å². The zero-order valence-electron chi connectivity index (χ0n) is 11.4. The standard InChI is InChI=1S/C8H13N3.C5H10O2/c1-4-9-5-2-7(1)8-3-6-10-11-8;1-5(2,3)7-4-6/h3,6-7,9H,1-2,4-5H2,(H,10,11);4H,1-3H3. The number of aromatic nitrogens is 2. The number of piperidine rings is 1. The fraction of sp³-hybridized carbons (Fsp3) is 0.692. The molecular formula is C13H23N3O2. The van der Waals surface area contributed by atoms with Crippen molar-refractivity contribution < 1.29 is 9.53 Å². The third-order valence-electron chi connectivity index (χ3n) is 2.70. The van der Waals surface area contributed by atoms with Crippen molar-refractivity contribution >= 4 is 6.47 Å². The maximum Gasteiger partial charge on any atom is 0.293 e. The van der Waals surface area contributed by atoms with E-state index in [0.717, 1.165) is 13.1 Å². The van der Waals surface area contributed by atoms with Crippen LogP contribution >= 0.6 is 0 Å². The lowest BCUT2D eigenvalue weighted by Crippen LogP contribution is -2.26. The molecule has 0 atom stereocenters. The highest BCUT2D eigenvalue weighted by molar-refractivity contribution is 5.37. The minimum Gasteiger partial charge on any atom is -0.462 e.